The number of fused-ring (bicyclic) bond motifs is 1. The molecule has 1 aliphatic heterocycles. The third kappa shape index (κ3) is 4.84. The lowest BCUT2D eigenvalue weighted by Gasteiger charge is -2.27. The SMILES string of the molecule is CCCCCN1C=C/C(=C\C=C(/C#N)C(=O)OCC)c2ccccc21. The van der Waals surface area contributed by atoms with Gasteiger partial charge in [0, 0.05) is 24.0 Å². The second-order valence-electron chi connectivity index (χ2n) is 5.77. The number of ether oxygens (including phenoxy) is 1. The first-order valence-electron chi connectivity index (χ1n) is 8.74. The van der Waals surface area contributed by atoms with Crippen molar-refractivity contribution in [3.8, 4) is 6.07 Å². The first kappa shape index (κ1) is 18.5. The molecule has 0 saturated heterocycles. The molecule has 0 aliphatic carbocycles. The molecule has 0 radical (unpaired) electrons. The largest absolute Gasteiger partial charge is 0.462 e. The number of rotatable bonds is 7. The second kappa shape index (κ2) is 9.48. The Labute approximate surface area is 149 Å². The standard InChI is InChI=1S/C21H24N2O2/c1-3-5-8-14-23-15-13-17(19-9-6-7-10-20(19)23)11-12-18(16-22)21(24)25-4-2/h6-7,9-13,15H,3-5,8,14H2,1-2H3/b17-11+,18-12+. The van der Waals surface area contributed by atoms with Crippen molar-refractivity contribution in [3.05, 3.63) is 59.8 Å². The molecule has 2 rings (SSSR count). The Balaban J connectivity index is 2.27. The normalized spacial score (nSPS) is 15.0. The van der Waals surface area contributed by atoms with E-state index in [0.29, 0.717) is 0 Å². The van der Waals surface area contributed by atoms with Gasteiger partial charge in [-0.15, -0.1) is 0 Å². The molecular formula is C21H24N2O2. The van der Waals surface area contributed by atoms with Crippen LogP contribution in [-0.2, 0) is 9.53 Å². The summed E-state index contributed by atoms with van der Waals surface area (Å²) in [7, 11) is 0. The smallest absolute Gasteiger partial charge is 0.348 e. The van der Waals surface area contributed by atoms with Crippen molar-refractivity contribution >= 4 is 17.2 Å². The highest BCUT2D eigenvalue weighted by Crippen LogP contribution is 2.33. The van der Waals surface area contributed by atoms with Crippen LogP contribution in [0.25, 0.3) is 5.57 Å². The Bertz CT molecular complexity index is 739. The van der Waals surface area contributed by atoms with Crippen molar-refractivity contribution in [2.45, 2.75) is 33.1 Å². The van der Waals surface area contributed by atoms with Gasteiger partial charge in [0.1, 0.15) is 11.6 Å². The van der Waals surface area contributed by atoms with Crippen molar-refractivity contribution in [2.75, 3.05) is 18.1 Å². The Kier molecular flexibility index (Phi) is 7.03. The molecule has 0 amide bonds. The van der Waals surface area contributed by atoms with Crippen LogP contribution in [-0.4, -0.2) is 19.1 Å². The molecule has 4 heteroatoms. The molecule has 0 saturated carbocycles. The molecule has 0 aromatic heterocycles. The molecule has 0 N–H and O–H groups in total. The van der Waals surface area contributed by atoms with E-state index in [1.54, 1.807) is 13.0 Å². The Morgan fingerprint density at radius 2 is 2.08 bits per heavy atom. The summed E-state index contributed by atoms with van der Waals surface area (Å²) in [5.41, 5.74) is 3.22. The highest BCUT2D eigenvalue weighted by atomic mass is 16.5. The number of nitrogens with zero attached hydrogens (tertiary/aromatic N) is 2. The average molecular weight is 336 g/mol. The number of para-hydroxylation sites is 1. The number of nitriles is 1. The van der Waals surface area contributed by atoms with Gasteiger partial charge >= 0.3 is 5.97 Å². The monoisotopic (exact) mass is 336 g/mol. The minimum atomic E-state index is -0.587. The average Bonchev–Trinajstić information content (AvgIpc) is 2.64. The van der Waals surface area contributed by atoms with Crippen LogP contribution in [0.4, 0.5) is 5.69 Å². The molecule has 1 aromatic carbocycles. The zero-order valence-electron chi connectivity index (χ0n) is 14.9. The Morgan fingerprint density at radius 1 is 1.28 bits per heavy atom. The molecule has 1 aromatic rings. The molecule has 0 atom stereocenters. The summed E-state index contributed by atoms with van der Waals surface area (Å²) in [5, 5.41) is 9.14. The zero-order chi connectivity index (χ0) is 18.1. The van der Waals surface area contributed by atoms with Crippen molar-refractivity contribution < 1.29 is 9.53 Å². The van der Waals surface area contributed by atoms with E-state index in [0.717, 1.165) is 29.8 Å². The molecule has 0 bridgehead atoms. The van der Waals surface area contributed by atoms with Crippen molar-refractivity contribution in [3.63, 3.8) is 0 Å². The third-order valence-corrected chi connectivity index (χ3v) is 4.01. The summed E-state index contributed by atoms with van der Waals surface area (Å²) >= 11 is 0. The number of esters is 1. The predicted octanol–water partition coefficient (Wildman–Crippen LogP) is 4.61. The van der Waals surface area contributed by atoms with Gasteiger partial charge in [-0.25, -0.2) is 4.79 Å². The second-order valence-corrected chi connectivity index (χ2v) is 5.77. The van der Waals surface area contributed by atoms with E-state index in [2.05, 4.69) is 30.2 Å². The molecule has 4 nitrogen and oxygen atoms in total. The minimum absolute atomic E-state index is 0.00519. The summed E-state index contributed by atoms with van der Waals surface area (Å²) in [4.78, 5) is 14.0. The van der Waals surface area contributed by atoms with E-state index in [-0.39, 0.29) is 12.2 Å². The van der Waals surface area contributed by atoms with Crippen LogP contribution in [0.1, 0.15) is 38.7 Å². The summed E-state index contributed by atoms with van der Waals surface area (Å²) in [6.07, 6.45) is 11.0. The summed E-state index contributed by atoms with van der Waals surface area (Å²) in [6, 6.07) is 10.1. The predicted molar refractivity (Wildman–Crippen MR) is 101 cm³/mol. The molecule has 25 heavy (non-hydrogen) atoms. The fourth-order valence-corrected chi connectivity index (χ4v) is 2.71. The van der Waals surface area contributed by atoms with Crippen molar-refractivity contribution in [2.24, 2.45) is 0 Å². The first-order valence-corrected chi connectivity index (χ1v) is 8.74. The highest BCUT2D eigenvalue weighted by molar-refractivity contribution is 5.94. The molecular weight excluding hydrogens is 312 g/mol. The number of hydrogen-bond acceptors (Lipinski definition) is 4. The number of carbonyl (C=O) groups is 1. The van der Waals surface area contributed by atoms with Crippen LogP contribution in [0.15, 0.2) is 54.3 Å². The van der Waals surface area contributed by atoms with Gasteiger partial charge in [0.2, 0.25) is 0 Å². The van der Waals surface area contributed by atoms with Gasteiger partial charge in [-0.1, -0.05) is 44.0 Å². The first-order chi connectivity index (χ1) is 12.2. The van der Waals surface area contributed by atoms with Gasteiger partial charge in [-0.05, 0) is 37.1 Å². The lowest BCUT2D eigenvalue weighted by Crippen LogP contribution is -2.21. The number of anilines is 1. The summed E-state index contributed by atoms with van der Waals surface area (Å²) in [5.74, 6) is -0.587. The minimum Gasteiger partial charge on any atom is -0.462 e. The van der Waals surface area contributed by atoms with Crippen LogP contribution < -0.4 is 4.90 Å². The lowest BCUT2D eigenvalue weighted by molar-refractivity contribution is -0.138. The highest BCUT2D eigenvalue weighted by Gasteiger charge is 2.15. The summed E-state index contributed by atoms with van der Waals surface area (Å²) in [6.45, 7) is 5.16. The van der Waals surface area contributed by atoms with Gasteiger partial charge < -0.3 is 9.64 Å². The molecule has 1 aliphatic rings. The molecule has 1 heterocycles. The Hall–Kier alpha value is -2.80. The van der Waals surface area contributed by atoms with Crippen LogP contribution in [0.2, 0.25) is 0 Å². The van der Waals surface area contributed by atoms with Crippen LogP contribution >= 0.6 is 0 Å². The molecule has 0 fully saturated rings. The van der Waals surface area contributed by atoms with Gasteiger partial charge in [-0.3, -0.25) is 0 Å². The van der Waals surface area contributed by atoms with Gasteiger partial charge in [0.15, 0.2) is 0 Å². The van der Waals surface area contributed by atoms with Crippen LogP contribution in [0.5, 0.6) is 0 Å². The maximum absolute atomic E-state index is 11.7. The van der Waals surface area contributed by atoms with E-state index in [9.17, 15) is 4.79 Å². The van der Waals surface area contributed by atoms with E-state index >= 15 is 0 Å². The maximum Gasteiger partial charge on any atom is 0.348 e. The van der Waals surface area contributed by atoms with Gasteiger partial charge in [0.25, 0.3) is 0 Å². The molecule has 0 spiro atoms. The summed E-state index contributed by atoms with van der Waals surface area (Å²) < 4.78 is 4.89. The van der Waals surface area contributed by atoms with Gasteiger partial charge in [-0.2, -0.15) is 5.26 Å². The quantitative estimate of drug-likeness (QED) is 0.316. The van der Waals surface area contributed by atoms with Gasteiger partial charge in [0.05, 0.1) is 6.61 Å². The molecule has 0 unspecified atom stereocenters. The Morgan fingerprint density at radius 3 is 2.80 bits per heavy atom. The van der Waals surface area contributed by atoms with Crippen molar-refractivity contribution in [1.29, 1.82) is 5.26 Å². The number of benzene rings is 1. The van der Waals surface area contributed by atoms with E-state index in [4.69, 9.17) is 10.00 Å². The maximum atomic E-state index is 11.7. The zero-order valence-corrected chi connectivity index (χ0v) is 14.9. The van der Waals surface area contributed by atoms with Crippen molar-refractivity contribution in [1.82, 2.24) is 0 Å². The number of allylic oxidation sites excluding steroid dienone is 4. The van der Waals surface area contributed by atoms with E-state index in [1.165, 1.54) is 18.9 Å². The number of hydrogen-bond donors (Lipinski definition) is 0. The van der Waals surface area contributed by atoms with E-state index in [1.807, 2.05) is 24.3 Å². The third-order valence-electron chi connectivity index (χ3n) is 4.01. The fourth-order valence-electron chi connectivity index (χ4n) is 2.71. The van der Waals surface area contributed by atoms with Crippen LogP contribution in [0, 0.1) is 11.3 Å². The lowest BCUT2D eigenvalue weighted by atomic mass is 9.99. The van der Waals surface area contributed by atoms with E-state index < -0.39 is 5.97 Å². The number of carbonyl (C=O) groups excluding carboxylic acids is 1. The topological polar surface area (TPSA) is 53.3 Å². The molecule has 130 valence electrons. The fraction of sp³-hybridized carbons (Fsp3) is 0.333. The van der Waals surface area contributed by atoms with Crippen LogP contribution in [0.3, 0.4) is 0 Å². The number of unbranched alkanes of at least 4 members (excludes halogenated alkanes) is 2.